The van der Waals surface area contributed by atoms with E-state index in [9.17, 15) is 23.7 Å². The van der Waals surface area contributed by atoms with Crippen LogP contribution in [0, 0.1) is 21.7 Å². The fourth-order valence-corrected chi connectivity index (χ4v) is 1.63. The van der Waals surface area contributed by atoms with Gasteiger partial charge in [-0.2, -0.15) is 0 Å². The normalized spacial score (nSPS) is 10.2. The number of pyridine rings is 1. The van der Waals surface area contributed by atoms with Crippen LogP contribution in [0.4, 0.5) is 25.8 Å². The molecule has 0 spiro atoms. The molecule has 0 aliphatic rings. The number of nitrogens with two attached hydrogens (primary N) is 1. The first-order valence-corrected chi connectivity index (χ1v) is 5.55. The number of aromatic nitrogens is 1. The molecule has 0 aliphatic carbocycles. The van der Waals surface area contributed by atoms with E-state index < -0.39 is 39.4 Å². The highest BCUT2D eigenvalue weighted by atomic mass is 19.1. The van der Waals surface area contributed by atoms with Crippen LogP contribution in [0.3, 0.4) is 0 Å². The van der Waals surface area contributed by atoms with E-state index in [4.69, 9.17) is 5.73 Å². The molecule has 0 saturated heterocycles. The predicted octanol–water partition coefficient (Wildman–Crippen LogP) is 2.10. The van der Waals surface area contributed by atoms with E-state index in [1.807, 2.05) is 0 Å². The quantitative estimate of drug-likeness (QED) is 0.511. The Hall–Kier alpha value is -3.10. The molecule has 1 aromatic heterocycles. The van der Waals surface area contributed by atoms with Crippen LogP contribution < -0.4 is 11.1 Å². The lowest BCUT2D eigenvalue weighted by Gasteiger charge is -2.09. The molecule has 3 N–H and O–H groups in total. The Morgan fingerprint density at radius 2 is 2.00 bits per heavy atom. The summed E-state index contributed by atoms with van der Waals surface area (Å²) in [5, 5.41) is 12.8. The van der Waals surface area contributed by atoms with Gasteiger partial charge in [-0.15, -0.1) is 0 Å². The zero-order valence-corrected chi connectivity index (χ0v) is 10.3. The molecule has 108 valence electrons. The van der Waals surface area contributed by atoms with Gasteiger partial charge < -0.3 is 11.1 Å². The van der Waals surface area contributed by atoms with Crippen LogP contribution in [0.25, 0.3) is 0 Å². The fraction of sp³-hybridized carbons (Fsp3) is 0. The van der Waals surface area contributed by atoms with E-state index in [0.29, 0.717) is 0 Å². The molecular weight excluding hydrogens is 286 g/mol. The lowest BCUT2D eigenvalue weighted by atomic mass is 10.1. The lowest BCUT2D eigenvalue weighted by Crippen LogP contribution is -2.17. The summed E-state index contributed by atoms with van der Waals surface area (Å²) in [6.07, 6.45) is 2.06. The van der Waals surface area contributed by atoms with Crippen molar-refractivity contribution in [1.29, 1.82) is 0 Å². The number of nitrogens with one attached hydrogen (secondary N) is 1. The number of anilines is 2. The fourth-order valence-electron chi connectivity index (χ4n) is 1.63. The first kappa shape index (κ1) is 14.3. The number of carbonyl (C=O) groups excluding carboxylic acids is 1. The third-order valence-corrected chi connectivity index (χ3v) is 2.62. The number of halogens is 2. The number of amides is 1. The SMILES string of the molecule is Nc1c([N+](=O)[O-])ccc(F)c1C(=O)Nc1ccncc1F. The number of nitrogens with zero attached hydrogens (tertiary/aromatic N) is 2. The molecule has 0 atom stereocenters. The van der Waals surface area contributed by atoms with Crippen molar-refractivity contribution in [3.63, 3.8) is 0 Å². The molecule has 9 heteroatoms. The number of hydrogen-bond acceptors (Lipinski definition) is 5. The Bertz CT molecular complexity index is 736. The second-order valence-corrected chi connectivity index (χ2v) is 3.92. The minimum absolute atomic E-state index is 0.250. The minimum Gasteiger partial charge on any atom is -0.392 e. The summed E-state index contributed by atoms with van der Waals surface area (Å²) in [4.78, 5) is 25.3. The summed E-state index contributed by atoms with van der Waals surface area (Å²) in [6.45, 7) is 0. The largest absolute Gasteiger partial charge is 0.392 e. The molecule has 2 rings (SSSR count). The average molecular weight is 294 g/mol. The third kappa shape index (κ3) is 2.76. The molecule has 7 nitrogen and oxygen atoms in total. The number of rotatable bonds is 3. The summed E-state index contributed by atoms with van der Waals surface area (Å²) >= 11 is 0. The number of nitrogen functional groups attached to an aromatic ring is 1. The van der Waals surface area contributed by atoms with E-state index in [1.165, 1.54) is 6.20 Å². The number of nitro groups is 1. The summed E-state index contributed by atoms with van der Waals surface area (Å²) in [5.41, 5.74) is 3.21. The maximum Gasteiger partial charge on any atom is 0.293 e. The van der Waals surface area contributed by atoms with Crippen molar-refractivity contribution in [2.75, 3.05) is 11.1 Å². The van der Waals surface area contributed by atoms with Crippen LogP contribution in [0.5, 0.6) is 0 Å². The van der Waals surface area contributed by atoms with Gasteiger partial charge in [0.1, 0.15) is 17.1 Å². The van der Waals surface area contributed by atoms with Gasteiger partial charge in [0.15, 0.2) is 5.82 Å². The number of carbonyl (C=O) groups is 1. The highest BCUT2D eigenvalue weighted by Crippen LogP contribution is 2.28. The number of hydrogen-bond donors (Lipinski definition) is 2. The topological polar surface area (TPSA) is 111 Å². The second-order valence-electron chi connectivity index (χ2n) is 3.92. The maximum atomic E-state index is 13.7. The maximum absolute atomic E-state index is 13.7. The highest BCUT2D eigenvalue weighted by Gasteiger charge is 2.24. The Morgan fingerprint density at radius 1 is 1.29 bits per heavy atom. The smallest absolute Gasteiger partial charge is 0.293 e. The molecule has 0 radical (unpaired) electrons. The van der Waals surface area contributed by atoms with Gasteiger partial charge in [0, 0.05) is 12.3 Å². The van der Waals surface area contributed by atoms with Crippen molar-refractivity contribution in [1.82, 2.24) is 4.98 Å². The molecule has 2 aromatic rings. The van der Waals surface area contributed by atoms with Gasteiger partial charge in [-0.3, -0.25) is 19.9 Å². The lowest BCUT2D eigenvalue weighted by molar-refractivity contribution is -0.384. The monoisotopic (exact) mass is 294 g/mol. The van der Waals surface area contributed by atoms with E-state index >= 15 is 0 Å². The Morgan fingerprint density at radius 3 is 2.62 bits per heavy atom. The zero-order chi connectivity index (χ0) is 15.6. The van der Waals surface area contributed by atoms with Gasteiger partial charge in [-0.05, 0) is 12.1 Å². The summed E-state index contributed by atoms with van der Waals surface area (Å²) in [7, 11) is 0. The predicted molar refractivity (Wildman–Crippen MR) is 69.6 cm³/mol. The van der Waals surface area contributed by atoms with Crippen LogP contribution in [0.2, 0.25) is 0 Å². The van der Waals surface area contributed by atoms with Gasteiger partial charge in [-0.1, -0.05) is 0 Å². The van der Waals surface area contributed by atoms with E-state index in [-0.39, 0.29) is 5.69 Å². The first-order chi connectivity index (χ1) is 9.91. The Labute approximate surface area is 116 Å². The molecule has 0 aliphatic heterocycles. The highest BCUT2D eigenvalue weighted by molar-refractivity contribution is 6.09. The van der Waals surface area contributed by atoms with E-state index in [1.54, 1.807) is 0 Å². The van der Waals surface area contributed by atoms with Crippen LogP contribution in [-0.2, 0) is 0 Å². The van der Waals surface area contributed by atoms with Gasteiger partial charge in [0.25, 0.3) is 11.6 Å². The van der Waals surface area contributed by atoms with Crippen molar-refractivity contribution in [3.05, 3.63) is 57.9 Å². The van der Waals surface area contributed by atoms with Gasteiger partial charge in [0.05, 0.1) is 16.8 Å². The zero-order valence-electron chi connectivity index (χ0n) is 10.3. The average Bonchev–Trinajstić information content (AvgIpc) is 2.41. The molecule has 0 saturated carbocycles. The van der Waals surface area contributed by atoms with Gasteiger partial charge >= 0.3 is 0 Å². The minimum atomic E-state index is -1.10. The van der Waals surface area contributed by atoms with Crippen molar-refractivity contribution < 1.29 is 18.5 Å². The summed E-state index contributed by atoms with van der Waals surface area (Å²) < 4.78 is 27.0. The van der Waals surface area contributed by atoms with E-state index in [2.05, 4.69) is 10.3 Å². The first-order valence-electron chi connectivity index (χ1n) is 5.55. The molecular formula is C12H8F2N4O3. The third-order valence-electron chi connectivity index (χ3n) is 2.62. The summed E-state index contributed by atoms with van der Waals surface area (Å²) in [5.74, 6) is -2.99. The Balaban J connectivity index is 2.42. The van der Waals surface area contributed by atoms with Gasteiger partial charge in [-0.25, -0.2) is 8.78 Å². The summed E-state index contributed by atoms with van der Waals surface area (Å²) in [6, 6.07) is 2.74. The van der Waals surface area contributed by atoms with Crippen LogP contribution in [0.15, 0.2) is 30.6 Å². The number of nitro benzene ring substituents is 1. The van der Waals surface area contributed by atoms with Crippen LogP contribution in [-0.4, -0.2) is 15.8 Å². The van der Waals surface area contributed by atoms with Crippen molar-refractivity contribution in [3.8, 4) is 0 Å². The van der Waals surface area contributed by atoms with Gasteiger partial charge in [0.2, 0.25) is 0 Å². The number of benzene rings is 1. The van der Waals surface area contributed by atoms with Crippen LogP contribution in [0.1, 0.15) is 10.4 Å². The molecule has 1 amide bonds. The van der Waals surface area contributed by atoms with Crippen molar-refractivity contribution in [2.45, 2.75) is 0 Å². The molecule has 21 heavy (non-hydrogen) atoms. The second kappa shape index (κ2) is 5.49. The Kier molecular flexibility index (Phi) is 3.74. The van der Waals surface area contributed by atoms with Crippen LogP contribution >= 0.6 is 0 Å². The van der Waals surface area contributed by atoms with E-state index in [0.717, 1.165) is 24.4 Å². The molecule has 0 bridgehead atoms. The molecule has 1 aromatic carbocycles. The molecule has 1 heterocycles. The van der Waals surface area contributed by atoms with Crippen molar-refractivity contribution >= 4 is 23.0 Å². The molecule has 0 unspecified atom stereocenters. The van der Waals surface area contributed by atoms with Crippen molar-refractivity contribution in [2.24, 2.45) is 0 Å². The molecule has 0 fully saturated rings. The standard InChI is InChI=1S/C12H8F2N4O3/c13-6-1-2-9(18(20)21)11(15)10(6)12(19)17-8-3-4-16-5-7(8)14/h1-5H,15H2,(H,16,17,19).